The zero-order valence-corrected chi connectivity index (χ0v) is 12.9. The number of amides is 1. The first kappa shape index (κ1) is 13.8. The molecule has 0 aliphatic carbocycles. The molecule has 0 aromatic carbocycles. The van der Waals surface area contributed by atoms with Crippen molar-refractivity contribution in [1.82, 2.24) is 29.8 Å². The van der Waals surface area contributed by atoms with Crippen molar-refractivity contribution < 1.29 is 4.79 Å². The number of aromatic amines is 1. The van der Waals surface area contributed by atoms with E-state index in [0.717, 1.165) is 23.4 Å². The maximum atomic E-state index is 12.9. The third kappa shape index (κ3) is 2.16. The minimum absolute atomic E-state index is 0.0275. The van der Waals surface area contributed by atoms with Gasteiger partial charge in [-0.15, -0.1) is 0 Å². The molecular weight excluding hydrogens is 292 g/mol. The Balaban J connectivity index is 1.70. The number of hydrogen-bond acceptors (Lipinski definition) is 5. The topological polar surface area (TPSA) is 87.7 Å². The molecule has 1 aliphatic heterocycles. The molecule has 3 aromatic heterocycles. The molecule has 0 spiro atoms. The first-order valence-electron chi connectivity index (χ1n) is 7.57. The number of carbonyl (C=O) groups is 1. The molecule has 0 saturated heterocycles. The summed E-state index contributed by atoms with van der Waals surface area (Å²) in [7, 11) is 0. The van der Waals surface area contributed by atoms with Crippen molar-refractivity contribution in [2.75, 3.05) is 6.54 Å². The van der Waals surface area contributed by atoms with Crippen molar-refractivity contribution in [3.05, 3.63) is 47.4 Å². The van der Waals surface area contributed by atoms with Gasteiger partial charge in [-0.25, -0.2) is 15.0 Å². The van der Waals surface area contributed by atoms with Crippen molar-refractivity contribution in [3.63, 3.8) is 0 Å². The molecule has 0 saturated carbocycles. The number of hydrogen-bond donors (Lipinski definition) is 1. The van der Waals surface area contributed by atoms with Gasteiger partial charge in [0.1, 0.15) is 11.8 Å². The van der Waals surface area contributed by atoms with Gasteiger partial charge < -0.3 is 9.88 Å². The minimum Gasteiger partial charge on any atom is -0.331 e. The van der Waals surface area contributed by atoms with Gasteiger partial charge in [-0.1, -0.05) is 6.07 Å². The second-order valence-corrected chi connectivity index (χ2v) is 5.71. The lowest BCUT2D eigenvalue weighted by Gasteiger charge is -2.34. The van der Waals surface area contributed by atoms with Crippen LogP contribution in [-0.2, 0) is 6.42 Å². The van der Waals surface area contributed by atoms with Gasteiger partial charge >= 0.3 is 0 Å². The molecule has 4 heterocycles. The molecule has 0 fully saturated rings. The standard InChI is InChI=1S/C16H16N6O/c1-9-13-14(19-8-18-9)21-15(20-13)16(23)22-7-5-12-11(10(22)2)4-3-6-17-12/h3-4,6,8,10H,5,7H2,1-2H3,(H,18,19,20,21)/t10-/m1/s1. The fourth-order valence-electron chi connectivity index (χ4n) is 3.09. The maximum Gasteiger partial charge on any atom is 0.290 e. The minimum atomic E-state index is -0.121. The van der Waals surface area contributed by atoms with Gasteiger partial charge in [0.25, 0.3) is 5.91 Å². The number of imidazole rings is 1. The number of aryl methyl sites for hydroxylation is 1. The summed E-state index contributed by atoms with van der Waals surface area (Å²) in [5.41, 5.74) is 4.17. The molecule has 7 heteroatoms. The van der Waals surface area contributed by atoms with Gasteiger partial charge in [-0.05, 0) is 25.5 Å². The molecule has 7 nitrogen and oxygen atoms in total. The van der Waals surface area contributed by atoms with Gasteiger partial charge in [0, 0.05) is 24.9 Å². The van der Waals surface area contributed by atoms with Crippen LogP contribution in [-0.4, -0.2) is 42.3 Å². The normalized spacial score (nSPS) is 17.3. The number of fused-ring (bicyclic) bond motifs is 2. The van der Waals surface area contributed by atoms with E-state index in [9.17, 15) is 4.79 Å². The Hall–Kier alpha value is -2.83. The van der Waals surface area contributed by atoms with E-state index in [-0.39, 0.29) is 11.9 Å². The summed E-state index contributed by atoms with van der Waals surface area (Å²) < 4.78 is 0. The van der Waals surface area contributed by atoms with Crippen LogP contribution >= 0.6 is 0 Å². The Morgan fingerprint density at radius 3 is 3.04 bits per heavy atom. The summed E-state index contributed by atoms with van der Waals surface area (Å²) in [6.07, 6.45) is 4.01. The van der Waals surface area contributed by atoms with Crippen LogP contribution in [0.25, 0.3) is 11.2 Å². The predicted octanol–water partition coefficient (Wildman–Crippen LogP) is 1.82. The molecule has 0 radical (unpaired) electrons. The molecule has 1 aliphatic rings. The number of carbonyl (C=O) groups excluding carboxylic acids is 1. The Morgan fingerprint density at radius 1 is 1.35 bits per heavy atom. The largest absolute Gasteiger partial charge is 0.331 e. The highest BCUT2D eigenvalue weighted by Gasteiger charge is 2.30. The number of aromatic nitrogens is 5. The van der Waals surface area contributed by atoms with Gasteiger partial charge in [0.15, 0.2) is 11.5 Å². The Bertz CT molecular complexity index is 902. The highest BCUT2D eigenvalue weighted by molar-refractivity contribution is 5.94. The van der Waals surface area contributed by atoms with Crippen molar-refractivity contribution in [1.29, 1.82) is 0 Å². The average Bonchev–Trinajstić information content (AvgIpc) is 3.01. The lowest BCUT2D eigenvalue weighted by molar-refractivity contribution is 0.0665. The zero-order chi connectivity index (χ0) is 16.0. The molecule has 1 N–H and O–H groups in total. The van der Waals surface area contributed by atoms with E-state index in [0.29, 0.717) is 23.5 Å². The summed E-state index contributed by atoms with van der Waals surface area (Å²) >= 11 is 0. The predicted molar refractivity (Wildman–Crippen MR) is 83.8 cm³/mol. The van der Waals surface area contributed by atoms with Crippen LogP contribution in [0.5, 0.6) is 0 Å². The molecule has 23 heavy (non-hydrogen) atoms. The third-order valence-electron chi connectivity index (χ3n) is 4.37. The number of nitrogens with one attached hydrogen (secondary N) is 1. The monoisotopic (exact) mass is 308 g/mol. The second kappa shape index (κ2) is 5.12. The molecule has 0 bridgehead atoms. The number of H-pyrrole nitrogens is 1. The third-order valence-corrected chi connectivity index (χ3v) is 4.37. The molecule has 1 atom stereocenters. The second-order valence-electron chi connectivity index (χ2n) is 5.71. The van der Waals surface area contributed by atoms with E-state index in [1.165, 1.54) is 6.33 Å². The van der Waals surface area contributed by atoms with Crippen LogP contribution in [0.3, 0.4) is 0 Å². The van der Waals surface area contributed by atoms with E-state index in [1.54, 1.807) is 6.20 Å². The maximum absolute atomic E-state index is 12.9. The molecule has 1 amide bonds. The van der Waals surface area contributed by atoms with Gasteiger partial charge in [-0.3, -0.25) is 9.78 Å². The van der Waals surface area contributed by atoms with Gasteiger partial charge in [0.05, 0.1) is 11.7 Å². The van der Waals surface area contributed by atoms with Gasteiger partial charge in [0.2, 0.25) is 0 Å². The first-order chi connectivity index (χ1) is 11.1. The molecule has 0 unspecified atom stereocenters. The van der Waals surface area contributed by atoms with Crippen molar-refractivity contribution in [3.8, 4) is 0 Å². The quantitative estimate of drug-likeness (QED) is 0.741. The van der Waals surface area contributed by atoms with E-state index in [1.807, 2.05) is 30.9 Å². The summed E-state index contributed by atoms with van der Waals surface area (Å²) in [4.78, 5) is 34.7. The Kier molecular flexibility index (Phi) is 3.07. The van der Waals surface area contributed by atoms with E-state index >= 15 is 0 Å². The van der Waals surface area contributed by atoms with Crippen LogP contribution in [0.2, 0.25) is 0 Å². The fraction of sp³-hybridized carbons (Fsp3) is 0.312. The number of pyridine rings is 1. The molecule has 116 valence electrons. The van der Waals surface area contributed by atoms with E-state index < -0.39 is 0 Å². The van der Waals surface area contributed by atoms with E-state index in [4.69, 9.17) is 0 Å². The Labute approximate surface area is 132 Å². The lowest BCUT2D eigenvalue weighted by atomic mass is 9.98. The Morgan fingerprint density at radius 2 is 2.22 bits per heavy atom. The summed E-state index contributed by atoms with van der Waals surface area (Å²) in [5.74, 6) is 0.187. The van der Waals surface area contributed by atoms with Crippen LogP contribution < -0.4 is 0 Å². The van der Waals surface area contributed by atoms with Gasteiger partial charge in [-0.2, -0.15) is 0 Å². The zero-order valence-electron chi connectivity index (χ0n) is 12.9. The summed E-state index contributed by atoms with van der Waals surface area (Å²) in [5, 5.41) is 0. The van der Waals surface area contributed by atoms with Crippen LogP contribution in [0.15, 0.2) is 24.7 Å². The van der Waals surface area contributed by atoms with Crippen LogP contribution in [0.4, 0.5) is 0 Å². The van der Waals surface area contributed by atoms with Crippen LogP contribution in [0.1, 0.15) is 40.5 Å². The number of rotatable bonds is 1. The van der Waals surface area contributed by atoms with Crippen LogP contribution in [0, 0.1) is 6.92 Å². The summed E-state index contributed by atoms with van der Waals surface area (Å²) in [6, 6.07) is 3.91. The van der Waals surface area contributed by atoms with E-state index in [2.05, 4.69) is 24.9 Å². The number of nitrogens with zero attached hydrogens (tertiary/aromatic N) is 5. The lowest BCUT2D eigenvalue weighted by Crippen LogP contribution is -2.39. The summed E-state index contributed by atoms with van der Waals surface area (Å²) in [6.45, 7) is 4.51. The molecule has 3 aromatic rings. The van der Waals surface area contributed by atoms with Crippen molar-refractivity contribution in [2.24, 2.45) is 0 Å². The smallest absolute Gasteiger partial charge is 0.290 e. The first-order valence-corrected chi connectivity index (χ1v) is 7.57. The SMILES string of the molecule is Cc1ncnc2nc(C(=O)N3CCc4ncccc4[C@H]3C)[nH]c12. The van der Waals surface area contributed by atoms with Crippen molar-refractivity contribution in [2.45, 2.75) is 26.3 Å². The highest BCUT2D eigenvalue weighted by atomic mass is 16.2. The molecule has 4 rings (SSSR count). The molecular formula is C16H16N6O. The highest BCUT2D eigenvalue weighted by Crippen LogP contribution is 2.29. The average molecular weight is 308 g/mol. The van der Waals surface area contributed by atoms with Crippen molar-refractivity contribution >= 4 is 17.1 Å². The fourth-order valence-corrected chi connectivity index (χ4v) is 3.09.